The van der Waals surface area contributed by atoms with Crippen LogP contribution in [0.2, 0.25) is 0 Å². The predicted molar refractivity (Wildman–Crippen MR) is 64.4 cm³/mol. The van der Waals surface area contributed by atoms with Crippen LogP contribution in [0.4, 0.5) is 5.82 Å². The molecule has 0 radical (unpaired) electrons. The summed E-state index contributed by atoms with van der Waals surface area (Å²) in [7, 11) is 0. The Balaban J connectivity index is 2.21. The summed E-state index contributed by atoms with van der Waals surface area (Å²) < 4.78 is 0. The number of hydrogen-bond acceptors (Lipinski definition) is 2. The maximum absolute atomic E-state index is 5.82. The molecule has 3 heteroatoms. The highest BCUT2D eigenvalue weighted by molar-refractivity contribution is 6.17. The average molecular weight is 225 g/mol. The molecule has 0 bridgehead atoms. The first-order valence-electron chi connectivity index (χ1n) is 5.48. The van der Waals surface area contributed by atoms with E-state index in [0.717, 1.165) is 23.8 Å². The second-order valence-electron chi connectivity index (χ2n) is 4.50. The van der Waals surface area contributed by atoms with Crippen LogP contribution in [0.5, 0.6) is 0 Å². The van der Waals surface area contributed by atoms with Crippen LogP contribution >= 0.6 is 11.6 Å². The van der Waals surface area contributed by atoms with Gasteiger partial charge in [-0.2, -0.15) is 0 Å². The normalized spacial score (nSPS) is 25.9. The van der Waals surface area contributed by atoms with E-state index in [1.54, 1.807) is 0 Å². The Morgan fingerprint density at radius 1 is 1.53 bits per heavy atom. The third kappa shape index (κ3) is 2.25. The molecule has 2 unspecified atom stereocenters. The summed E-state index contributed by atoms with van der Waals surface area (Å²) in [4.78, 5) is 6.80. The van der Waals surface area contributed by atoms with Gasteiger partial charge in [0.1, 0.15) is 5.82 Å². The fraction of sp³-hybridized carbons (Fsp3) is 0.583. The summed E-state index contributed by atoms with van der Waals surface area (Å²) in [5.41, 5.74) is 1.15. The van der Waals surface area contributed by atoms with Crippen LogP contribution in [-0.2, 0) is 5.88 Å². The Hall–Kier alpha value is -0.760. The summed E-state index contributed by atoms with van der Waals surface area (Å²) >= 11 is 5.82. The third-order valence-corrected chi connectivity index (χ3v) is 3.35. The molecule has 1 aromatic heterocycles. The average Bonchev–Trinajstić information content (AvgIpc) is 2.58. The number of nitrogens with zero attached hydrogens (tertiary/aromatic N) is 2. The second-order valence-corrected chi connectivity index (χ2v) is 4.77. The van der Waals surface area contributed by atoms with E-state index in [1.807, 2.05) is 12.3 Å². The van der Waals surface area contributed by atoms with Crippen molar-refractivity contribution >= 4 is 17.4 Å². The number of anilines is 1. The van der Waals surface area contributed by atoms with Crippen molar-refractivity contribution in [3.63, 3.8) is 0 Å². The molecule has 2 rings (SSSR count). The molecule has 2 heterocycles. The van der Waals surface area contributed by atoms with E-state index in [1.165, 1.54) is 6.42 Å². The Bertz CT molecular complexity index is 340. The van der Waals surface area contributed by atoms with Crippen molar-refractivity contribution in [2.24, 2.45) is 5.92 Å². The Morgan fingerprint density at radius 3 is 2.93 bits per heavy atom. The number of pyridine rings is 1. The van der Waals surface area contributed by atoms with Gasteiger partial charge in [0.15, 0.2) is 0 Å². The summed E-state index contributed by atoms with van der Waals surface area (Å²) in [6.07, 6.45) is 3.11. The molecule has 1 fully saturated rings. The molecular weight excluding hydrogens is 208 g/mol. The number of rotatable bonds is 2. The van der Waals surface area contributed by atoms with E-state index in [2.05, 4.69) is 29.8 Å². The maximum atomic E-state index is 5.82. The van der Waals surface area contributed by atoms with E-state index >= 15 is 0 Å². The lowest BCUT2D eigenvalue weighted by Crippen LogP contribution is -2.27. The Kier molecular flexibility index (Phi) is 3.15. The van der Waals surface area contributed by atoms with Gasteiger partial charge >= 0.3 is 0 Å². The molecular formula is C12H17ClN2. The first kappa shape index (κ1) is 10.7. The minimum Gasteiger partial charge on any atom is -0.354 e. The van der Waals surface area contributed by atoms with E-state index in [-0.39, 0.29) is 0 Å². The lowest BCUT2D eigenvalue weighted by molar-refractivity contribution is 0.625. The lowest BCUT2D eigenvalue weighted by atomic mass is 10.1. The fourth-order valence-electron chi connectivity index (χ4n) is 2.32. The first-order chi connectivity index (χ1) is 7.20. The zero-order valence-electron chi connectivity index (χ0n) is 9.28. The topological polar surface area (TPSA) is 16.1 Å². The molecule has 1 aromatic rings. The van der Waals surface area contributed by atoms with Gasteiger partial charge in [-0.05, 0) is 37.0 Å². The van der Waals surface area contributed by atoms with Gasteiger partial charge in [0, 0.05) is 24.7 Å². The van der Waals surface area contributed by atoms with E-state index in [9.17, 15) is 0 Å². The first-order valence-corrected chi connectivity index (χ1v) is 6.01. The largest absolute Gasteiger partial charge is 0.354 e. The SMILES string of the molecule is CC1CC(C)N(c2cc(CCl)ccn2)C1. The highest BCUT2D eigenvalue weighted by Crippen LogP contribution is 2.27. The number of alkyl halides is 1. The van der Waals surface area contributed by atoms with Gasteiger partial charge in [-0.1, -0.05) is 6.92 Å². The minimum atomic E-state index is 0.563. The van der Waals surface area contributed by atoms with Crippen LogP contribution in [-0.4, -0.2) is 17.6 Å². The molecule has 1 aliphatic heterocycles. The standard InChI is InChI=1S/C12H17ClN2/c1-9-5-10(2)15(8-9)12-6-11(7-13)3-4-14-12/h3-4,6,9-10H,5,7-8H2,1-2H3. The molecule has 0 saturated carbocycles. The summed E-state index contributed by atoms with van der Waals surface area (Å²) in [6.45, 7) is 5.67. The molecule has 0 aromatic carbocycles. The van der Waals surface area contributed by atoms with Crippen molar-refractivity contribution in [3.8, 4) is 0 Å². The highest BCUT2D eigenvalue weighted by atomic mass is 35.5. The van der Waals surface area contributed by atoms with E-state index in [0.29, 0.717) is 11.9 Å². The number of aromatic nitrogens is 1. The van der Waals surface area contributed by atoms with E-state index < -0.39 is 0 Å². The number of hydrogen-bond donors (Lipinski definition) is 0. The summed E-state index contributed by atoms with van der Waals surface area (Å²) in [5, 5.41) is 0. The zero-order chi connectivity index (χ0) is 10.8. The van der Waals surface area contributed by atoms with Crippen molar-refractivity contribution in [2.75, 3.05) is 11.4 Å². The smallest absolute Gasteiger partial charge is 0.129 e. The van der Waals surface area contributed by atoms with Crippen molar-refractivity contribution in [1.29, 1.82) is 0 Å². The van der Waals surface area contributed by atoms with Crippen molar-refractivity contribution in [2.45, 2.75) is 32.2 Å². The summed E-state index contributed by atoms with van der Waals surface area (Å²) in [6, 6.07) is 4.67. The van der Waals surface area contributed by atoms with Gasteiger partial charge in [-0.3, -0.25) is 0 Å². The van der Waals surface area contributed by atoms with Gasteiger partial charge in [0.25, 0.3) is 0 Å². The summed E-state index contributed by atoms with van der Waals surface area (Å²) in [5.74, 6) is 2.40. The minimum absolute atomic E-state index is 0.563. The molecule has 2 nitrogen and oxygen atoms in total. The van der Waals surface area contributed by atoms with Crippen molar-refractivity contribution in [3.05, 3.63) is 23.9 Å². The van der Waals surface area contributed by atoms with Crippen LogP contribution < -0.4 is 4.90 Å². The Labute approximate surface area is 96.3 Å². The molecule has 0 N–H and O–H groups in total. The monoisotopic (exact) mass is 224 g/mol. The molecule has 2 atom stereocenters. The third-order valence-electron chi connectivity index (χ3n) is 3.04. The van der Waals surface area contributed by atoms with Gasteiger partial charge in [0.2, 0.25) is 0 Å². The lowest BCUT2D eigenvalue weighted by Gasteiger charge is -2.22. The molecule has 0 amide bonds. The predicted octanol–water partition coefficient (Wildman–Crippen LogP) is 3.06. The molecule has 0 spiro atoms. The van der Waals surface area contributed by atoms with Gasteiger partial charge in [-0.25, -0.2) is 4.98 Å². The second kappa shape index (κ2) is 4.40. The Morgan fingerprint density at radius 2 is 2.33 bits per heavy atom. The van der Waals surface area contributed by atoms with Crippen LogP contribution in [0.25, 0.3) is 0 Å². The van der Waals surface area contributed by atoms with Crippen molar-refractivity contribution < 1.29 is 0 Å². The van der Waals surface area contributed by atoms with Gasteiger partial charge in [-0.15, -0.1) is 11.6 Å². The molecule has 1 saturated heterocycles. The molecule has 82 valence electrons. The zero-order valence-corrected chi connectivity index (χ0v) is 10.0. The number of halogens is 1. The fourth-order valence-corrected chi connectivity index (χ4v) is 2.49. The van der Waals surface area contributed by atoms with Crippen LogP contribution in [0.15, 0.2) is 18.3 Å². The van der Waals surface area contributed by atoms with Gasteiger partial charge < -0.3 is 4.90 Å². The van der Waals surface area contributed by atoms with Crippen LogP contribution in [0.1, 0.15) is 25.8 Å². The molecule has 0 aliphatic carbocycles. The quantitative estimate of drug-likeness (QED) is 0.718. The van der Waals surface area contributed by atoms with Crippen LogP contribution in [0, 0.1) is 5.92 Å². The maximum Gasteiger partial charge on any atom is 0.129 e. The van der Waals surface area contributed by atoms with Crippen molar-refractivity contribution in [1.82, 2.24) is 4.98 Å². The molecule has 15 heavy (non-hydrogen) atoms. The van der Waals surface area contributed by atoms with E-state index in [4.69, 9.17) is 11.6 Å². The van der Waals surface area contributed by atoms with Crippen LogP contribution in [0.3, 0.4) is 0 Å². The highest BCUT2D eigenvalue weighted by Gasteiger charge is 2.26. The molecule has 1 aliphatic rings. The van der Waals surface area contributed by atoms with Gasteiger partial charge in [0.05, 0.1) is 0 Å².